The number of esters is 1. The van der Waals surface area contributed by atoms with Crippen molar-refractivity contribution in [3.05, 3.63) is 63.7 Å². The molecular weight excluding hydrogens is 376 g/mol. The summed E-state index contributed by atoms with van der Waals surface area (Å²) >= 11 is 0. The number of benzene rings is 2. The van der Waals surface area contributed by atoms with E-state index in [4.69, 9.17) is 10.00 Å². The van der Waals surface area contributed by atoms with E-state index in [-0.39, 0.29) is 11.3 Å². The molecule has 148 valence electrons. The molecule has 0 bridgehead atoms. The summed E-state index contributed by atoms with van der Waals surface area (Å²) in [5, 5.41) is 22.5. The van der Waals surface area contributed by atoms with Crippen LogP contribution in [0.4, 0.5) is 17.1 Å². The number of carbonyl (C=O) groups is 2. The molecule has 2 aromatic rings. The first-order valence-electron chi connectivity index (χ1n) is 8.98. The number of nitriles is 1. The molecule has 0 radical (unpaired) electrons. The molecule has 0 unspecified atom stereocenters. The van der Waals surface area contributed by atoms with Gasteiger partial charge in [0, 0.05) is 30.9 Å². The summed E-state index contributed by atoms with van der Waals surface area (Å²) in [6, 6.07) is 12.3. The summed E-state index contributed by atoms with van der Waals surface area (Å²) in [6.45, 7) is 0.930. The van der Waals surface area contributed by atoms with Gasteiger partial charge in [0.15, 0.2) is 6.61 Å². The maximum atomic E-state index is 12.6. The predicted molar refractivity (Wildman–Crippen MR) is 105 cm³/mol. The number of amides is 1. The number of ether oxygens (including phenoxy) is 1. The average molecular weight is 394 g/mol. The number of rotatable bonds is 6. The highest BCUT2D eigenvalue weighted by Crippen LogP contribution is 2.29. The number of nitro groups is 1. The Balaban J connectivity index is 1.70. The molecule has 0 aromatic heterocycles. The van der Waals surface area contributed by atoms with Crippen LogP contribution < -0.4 is 10.2 Å². The first-order chi connectivity index (χ1) is 14.0. The summed E-state index contributed by atoms with van der Waals surface area (Å²) in [7, 11) is 0. The van der Waals surface area contributed by atoms with Crippen molar-refractivity contribution >= 4 is 28.9 Å². The third-order valence-electron chi connectivity index (χ3n) is 4.47. The smallest absolute Gasteiger partial charge is 0.341 e. The number of hydrogen-bond acceptors (Lipinski definition) is 7. The molecule has 1 aliphatic rings. The molecular formula is C20H18N4O5. The van der Waals surface area contributed by atoms with Crippen LogP contribution in [0.15, 0.2) is 42.5 Å². The number of nitrogens with one attached hydrogen (secondary N) is 1. The zero-order valence-corrected chi connectivity index (χ0v) is 15.5. The van der Waals surface area contributed by atoms with Gasteiger partial charge in [-0.1, -0.05) is 6.07 Å². The van der Waals surface area contributed by atoms with Crippen molar-refractivity contribution in [1.29, 1.82) is 5.26 Å². The van der Waals surface area contributed by atoms with E-state index in [2.05, 4.69) is 5.32 Å². The Bertz CT molecular complexity index is 993. The normalized spacial score (nSPS) is 12.9. The minimum absolute atomic E-state index is 0.0559. The average Bonchev–Trinajstić information content (AvgIpc) is 3.26. The fourth-order valence-electron chi connectivity index (χ4n) is 3.11. The maximum absolute atomic E-state index is 12.6. The lowest BCUT2D eigenvalue weighted by Gasteiger charge is -2.20. The summed E-state index contributed by atoms with van der Waals surface area (Å²) in [6.07, 6.45) is 1.94. The molecule has 3 rings (SSSR count). The Morgan fingerprint density at radius 1 is 1.21 bits per heavy atom. The van der Waals surface area contributed by atoms with Crippen LogP contribution in [0.3, 0.4) is 0 Å². The van der Waals surface area contributed by atoms with E-state index < -0.39 is 23.4 Å². The van der Waals surface area contributed by atoms with Gasteiger partial charge in [-0.2, -0.15) is 5.26 Å². The zero-order chi connectivity index (χ0) is 20.8. The summed E-state index contributed by atoms with van der Waals surface area (Å²) in [4.78, 5) is 37.1. The molecule has 0 atom stereocenters. The topological polar surface area (TPSA) is 126 Å². The number of hydrogen-bond donors (Lipinski definition) is 1. The molecule has 1 amide bonds. The van der Waals surface area contributed by atoms with Gasteiger partial charge in [0.1, 0.15) is 0 Å². The fraction of sp³-hybridized carbons (Fsp3) is 0.250. The van der Waals surface area contributed by atoms with Gasteiger partial charge in [-0.15, -0.1) is 0 Å². The highest BCUT2D eigenvalue weighted by atomic mass is 16.6. The van der Waals surface area contributed by atoms with E-state index >= 15 is 0 Å². The molecule has 0 saturated carbocycles. The molecule has 9 nitrogen and oxygen atoms in total. The lowest BCUT2D eigenvalue weighted by molar-refractivity contribution is -0.384. The van der Waals surface area contributed by atoms with E-state index in [1.165, 1.54) is 24.3 Å². The van der Waals surface area contributed by atoms with Crippen LogP contribution in [-0.2, 0) is 9.53 Å². The standard InChI is InChI=1S/C20H18N4O5/c21-12-14-4-3-5-15(10-14)22-19(25)13-29-20(26)17-11-16(24(27)28)6-7-18(17)23-8-1-2-9-23/h3-7,10-11H,1-2,8-9,13H2,(H,22,25). The van der Waals surface area contributed by atoms with Gasteiger partial charge in [-0.25, -0.2) is 4.79 Å². The lowest BCUT2D eigenvalue weighted by Crippen LogP contribution is -2.24. The molecule has 0 spiro atoms. The van der Waals surface area contributed by atoms with Crippen molar-refractivity contribution in [3.63, 3.8) is 0 Å². The largest absolute Gasteiger partial charge is 0.452 e. The van der Waals surface area contributed by atoms with Crippen molar-refractivity contribution in [3.8, 4) is 6.07 Å². The minimum atomic E-state index is -0.809. The van der Waals surface area contributed by atoms with Gasteiger partial charge in [0.25, 0.3) is 11.6 Å². The Hall–Kier alpha value is -3.93. The van der Waals surface area contributed by atoms with Gasteiger partial charge in [0.2, 0.25) is 0 Å². The van der Waals surface area contributed by atoms with Crippen LogP contribution in [0.25, 0.3) is 0 Å². The van der Waals surface area contributed by atoms with Crippen LogP contribution in [0.2, 0.25) is 0 Å². The van der Waals surface area contributed by atoms with Crippen LogP contribution in [0.1, 0.15) is 28.8 Å². The van der Waals surface area contributed by atoms with Crippen LogP contribution in [-0.4, -0.2) is 36.5 Å². The monoisotopic (exact) mass is 394 g/mol. The molecule has 1 saturated heterocycles. The third kappa shape index (κ3) is 4.87. The van der Waals surface area contributed by atoms with E-state index in [1.807, 2.05) is 11.0 Å². The van der Waals surface area contributed by atoms with Crippen molar-refractivity contribution in [1.82, 2.24) is 0 Å². The van der Waals surface area contributed by atoms with Gasteiger partial charge < -0.3 is 15.0 Å². The molecule has 1 N–H and O–H groups in total. The summed E-state index contributed by atoms with van der Waals surface area (Å²) < 4.78 is 5.09. The number of nitro benzene ring substituents is 1. The highest BCUT2D eigenvalue weighted by Gasteiger charge is 2.24. The number of non-ortho nitro benzene ring substituents is 1. The fourth-order valence-corrected chi connectivity index (χ4v) is 3.11. The number of anilines is 2. The molecule has 1 heterocycles. The van der Waals surface area contributed by atoms with Gasteiger partial charge >= 0.3 is 5.97 Å². The zero-order valence-electron chi connectivity index (χ0n) is 15.5. The quantitative estimate of drug-likeness (QED) is 0.453. The minimum Gasteiger partial charge on any atom is -0.452 e. The van der Waals surface area contributed by atoms with Crippen LogP contribution >= 0.6 is 0 Å². The van der Waals surface area contributed by atoms with E-state index in [0.29, 0.717) is 16.9 Å². The van der Waals surface area contributed by atoms with Crippen LogP contribution in [0, 0.1) is 21.4 Å². The second kappa shape index (κ2) is 8.84. The first kappa shape index (κ1) is 19.8. The SMILES string of the molecule is N#Cc1cccc(NC(=O)COC(=O)c2cc([N+](=O)[O-])ccc2N2CCCC2)c1. The predicted octanol–water partition coefficient (Wildman–Crippen LogP) is 2.86. The highest BCUT2D eigenvalue weighted by molar-refractivity contribution is 5.99. The Morgan fingerprint density at radius 2 is 1.97 bits per heavy atom. The van der Waals surface area contributed by atoms with E-state index in [0.717, 1.165) is 25.9 Å². The lowest BCUT2D eigenvalue weighted by atomic mass is 10.1. The number of nitrogens with zero attached hydrogens (tertiary/aromatic N) is 3. The van der Waals surface area contributed by atoms with Crippen LogP contribution in [0.5, 0.6) is 0 Å². The summed E-state index contributed by atoms with van der Waals surface area (Å²) in [5.41, 5.74) is 1.17. The first-order valence-corrected chi connectivity index (χ1v) is 8.98. The molecule has 9 heteroatoms. The molecule has 1 fully saturated rings. The molecule has 29 heavy (non-hydrogen) atoms. The third-order valence-corrected chi connectivity index (χ3v) is 4.47. The molecule has 0 aliphatic carbocycles. The van der Waals surface area contributed by atoms with Gasteiger partial charge in [-0.3, -0.25) is 14.9 Å². The Kier molecular flexibility index (Phi) is 6.04. The van der Waals surface area contributed by atoms with Crippen molar-refractivity contribution in [2.45, 2.75) is 12.8 Å². The second-order valence-corrected chi connectivity index (χ2v) is 6.47. The van der Waals surface area contributed by atoms with E-state index in [1.54, 1.807) is 18.2 Å². The van der Waals surface area contributed by atoms with Gasteiger partial charge in [-0.05, 0) is 37.1 Å². The maximum Gasteiger partial charge on any atom is 0.341 e. The second-order valence-electron chi connectivity index (χ2n) is 6.47. The van der Waals surface area contributed by atoms with E-state index in [9.17, 15) is 19.7 Å². The van der Waals surface area contributed by atoms with Crippen molar-refractivity contribution < 1.29 is 19.2 Å². The molecule has 2 aromatic carbocycles. The Labute approximate surface area is 166 Å². The van der Waals surface area contributed by atoms with Crippen molar-refractivity contribution in [2.75, 3.05) is 29.9 Å². The van der Waals surface area contributed by atoms with Crippen molar-refractivity contribution in [2.24, 2.45) is 0 Å². The summed E-state index contributed by atoms with van der Waals surface area (Å²) in [5.74, 6) is -1.39. The van der Waals surface area contributed by atoms with Gasteiger partial charge in [0.05, 0.1) is 27.8 Å². The molecule has 1 aliphatic heterocycles. The Morgan fingerprint density at radius 3 is 2.66 bits per heavy atom. The number of carbonyl (C=O) groups excluding carboxylic acids is 2.